The molecule has 0 radical (unpaired) electrons. The van der Waals surface area contributed by atoms with Crippen LogP contribution in [0.2, 0.25) is 5.15 Å². The van der Waals surface area contributed by atoms with Crippen molar-refractivity contribution in [1.29, 1.82) is 0 Å². The Morgan fingerprint density at radius 1 is 1.63 bits per heavy atom. The number of pyridine rings is 1. The molecule has 0 spiro atoms. The highest BCUT2D eigenvalue weighted by Gasteiger charge is 2.12. The molecule has 0 unspecified atom stereocenters. The number of hydrogen-bond donors (Lipinski definition) is 1. The molecule has 1 aromatic heterocycles. The summed E-state index contributed by atoms with van der Waals surface area (Å²) in [6.07, 6.45) is 3.53. The van der Waals surface area contributed by atoms with Crippen LogP contribution in [-0.2, 0) is 6.54 Å². The lowest BCUT2D eigenvalue weighted by atomic mass is 10.2. The lowest BCUT2D eigenvalue weighted by Gasteiger charge is -2.24. The van der Waals surface area contributed by atoms with Crippen LogP contribution in [0, 0.1) is 10.1 Å². The van der Waals surface area contributed by atoms with E-state index in [1.54, 1.807) is 19.3 Å². The number of nitrogens with one attached hydrogen (secondary N) is 1. The Morgan fingerprint density at radius 3 is 2.84 bits per heavy atom. The second-order valence-electron chi connectivity index (χ2n) is 3.96. The standard InChI is InChI=1S/C12H17ClN4O2/c1-3-6-16(12(14-2)9-17(18)19)8-10-4-5-11(13)15-7-10/h4-5,7,9,14H,3,6,8H2,1-2H3. The van der Waals surface area contributed by atoms with Crippen molar-refractivity contribution in [2.24, 2.45) is 0 Å². The second kappa shape index (κ2) is 7.58. The van der Waals surface area contributed by atoms with Crippen LogP contribution >= 0.6 is 11.6 Å². The summed E-state index contributed by atoms with van der Waals surface area (Å²) < 4.78 is 0. The maximum atomic E-state index is 10.6. The first-order chi connectivity index (χ1) is 9.06. The Bertz CT molecular complexity index is 448. The maximum Gasteiger partial charge on any atom is 0.274 e. The van der Waals surface area contributed by atoms with Crippen LogP contribution in [0.1, 0.15) is 18.9 Å². The monoisotopic (exact) mass is 284 g/mol. The van der Waals surface area contributed by atoms with Gasteiger partial charge < -0.3 is 10.2 Å². The summed E-state index contributed by atoms with van der Waals surface area (Å²) in [5.41, 5.74) is 0.947. The van der Waals surface area contributed by atoms with Crippen molar-refractivity contribution in [3.8, 4) is 0 Å². The highest BCUT2D eigenvalue weighted by atomic mass is 35.5. The summed E-state index contributed by atoms with van der Waals surface area (Å²) in [6, 6.07) is 3.56. The predicted molar refractivity (Wildman–Crippen MR) is 74.1 cm³/mol. The third-order valence-corrected chi connectivity index (χ3v) is 2.70. The Hall–Kier alpha value is -1.82. The third kappa shape index (κ3) is 5.13. The van der Waals surface area contributed by atoms with Gasteiger partial charge in [-0.05, 0) is 18.1 Å². The minimum absolute atomic E-state index is 0.431. The van der Waals surface area contributed by atoms with Crippen molar-refractivity contribution >= 4 is 11.6 Å². The fourth-order valence-electron chi connectivity index (χ4n) is 1.68. The van der Waals surface area contributed by atoms with E-state index in [0.29, 0.717) is 24.1 Å². The summed E-state index contributed by atoms with van der Waals surface area (Å²) in [6.45, 7) is 3.27. The van der Waals surface area contributed by atoms with Crippen LogP contribution in [0.15, 0.2) is 30.4 Å². The van der Waals surface area contributed by atoms with Gasteiger partial charge in [-0.25, -0.2) is 4.98 Å². The molecule has 0 atom stereocenters. The first kappa shape index (κ1) is 15.2. The molecule has 0 aromatic carbocycles. The van der Waals surface area contributed by atoms with Crippen molar-refractivity contribution in [3.05, 3.63) is 51.2 Å². The molecule has 0 amide bonds. The van der Waals surface area contributed by atoms with Crippen molar-refractivity contribution in [2.45, 2.75) is 19.9 Å². The SMILES string of the molecule is CCCN(Cc1ccc(Cl)nc1)C(=C[N+](=O)[O-])NC. The van der Waals surface area contributed by atoms with Crippen LogP contribution in [-0.4, -0.2) is 28.4 Å². The zero-order chi connectivity index (χ0) is 14.3. The predicted octanol–water partition coefficient (Wildman–Crippen LogP) is 2.24. The third-order valence-electron chi connectivity index (χ3n) is 2.48. The maximum absolute atomic E-state index is 10.6. The molecule has 7 heteroatoms. The van der Waals surface area contributed by atoms with Gasteiger partial charge >= 0.3 is 0 Å². The Labute approximate surface area is 117 Å². The lowest BCUT2D eigenvalue weighted by Crippen LogP contribution is -2.31. The smallest absolute Gasteiger partial charge is 0.274 e. The first-order valence-corrected chi connectivity index (χ1v) is 6.33. The van der Waals surface area contributed by atoms with Crippen LogP contribution in [0.25, 0.3) is 0 Å². The average Bonchev–Trinajstić information content (AvgIpc) is 2.38. The molecular weight excluding hydrogens is 268 g/mol. The van der Waals surface area contributed by atoms with Gasteiger partial charge in [0.05, 0.1) is 4.92 Å². The molecule has 6 nitrogen and oxygen atoms in total. The van der Waals surface area contributed by atoms with Gasteiger partial charge in [0.25, 0.3) is 6.20 Å². The van der Waals surface area contributed by atoms with Gasteiger partial charge in [-0.3, -0.25) is 10.1 Å². The van der Waals surface area contributed by atoms with Gasteiger partial charge in [0.2, 0.25) is 0 Å². The fraction of sp³-hybridized carbons (Fsp3) is 0.417. The van der Waals surface area contributed by atoms with E-state index in [2.05, 4.69) is 10.3 Å². The number of nitrogens with zero attached hydrogens (tertiary/aromatic N) is 3. The van der Waals surface area contributed by atoms with Crippen LogP contribution < -0.4 is 5.32 Å². The molecular formula is C12H17ClN4O2. The minimum atomic E-state index is -0.464. The normalized spacial score (nSPS) is 11.2. The zero-order valence-corrected chi connectivity index (χ0v) is 11.7. The van der Waals surface area contributed by atoms with Crippen molar-refractivity contribution in [3.63, 3.8) is 0 Å². The van der Waals surface area contributed by atoms with Crippen LogP contribution in [0.4, 0.5) is 0 Å². The van der Waals surface area contributed by atoms with E-state index in [0.717, 1.165) is 18.2 Å². The molecule has 0 saturated carbocycles. The first-order valence-electron chi connectivity index (χ1n) is 5.95. The topological polar surface area (TPSA) is 71.3 Å². The van der Waals surface area contributed by atoms with Gasteiger partial charge in [0, 0.05) is 26.3 Å². The molecule has 0 bridgehead atoms. The number of rotatable bonds is 7. The van der Waals surface area contributed by atoms with Crippen LogP contribution in [0.3, 0.4) is 0 Å². The Balaban J connectivity index is 2.87. The quantitative estimate of drug-likeness (QED) is 0.472. The highest BCUT2D eigenvalue weighted by molar-refractivity contribution is 6.29. The van der Waals surface area contributed by atoms with Gasteiger partial charge in [0.1, 0.15) is 5.15 Å². The van der Waals surface area contributed by atoms with E-state index >= 15 is 0 Å². The van der Waals surface area contributed by atoms with E-state index in [1.165, 1.54) is 0 Å². The summed E-state index contributed by atoms with van der Waals surface area (Å²) >= 11 is 5.73. The largest absolute Gasteiger partial charge is 0.370 e. The molecule has 0 aliphatic heterocycles. The van der Waals surface area contributed by atoms with Crippen molar-refractivity contribution in [2.75, 3.05) is 13.6 Å². The number of nitro groups is 1. The van der Waals surface area contributed by atoms with E-state index < -0.39 is 4.92 Å². The van der Waals surface area contributed by atoms with Gasteiger partial charge in [-0.15, -0.1) is 0 Å². The Kier molecular flexibility index (Phi) is 6.08. The fourth-order valence-corrected chi connectivity index (χ4v) is 1.79. The van der Waals surface area contributed by atoms with Gasteiger partial charge in [-0.1, -0.05) is 24.6 Å². The molecule has 1 rings (SSSR count). The molecule has 0 aliphatic carbocycles. The summed E-state index contributed by atoms with van der Waals surface area (Å²) in [4.78, 5) is 16.0. The molecule has 1 heterocycles. The van der Waals surface area contributed by atoms with E-state index in [1.807, 2.05) is 17.9 Å². The number of halogens is 1. The summed E-state index contributed by atoms with van der Waals surface area (Å²) in [7, 11) is 1.66. The van der Waals surface area contributed by atoms with E-state index in [9.17, 15) is 10.1 Å². The molecule has 104 valence electrons. The van der Waals surface area contributed by atoms with Gasteiger partial charge in [-0.2, -0.15) is 0 Å². The summed E-state index contributed by atoms with van der Waals surface area (Å²) in [5, 5.41) is 13.9. The molecule has 1 N–H and O–H groups in total. The highest BCUT2D eigenvalue weighted by Crippen LogP contribution is 2.11. The molecule has 19 heavy (non-hydrogen) atoms. The van der Waals surface area contributed by atoms with E-state index in [4.69, 9.17) is 11.6 Å². The molecule has 0 saturated heterocycles. The number of hydrogen-bond acceptors (Lipinski definition) is 5. The van der Waals surface area contributed by atoms with Gasteiger partial charge in [0.15, 0.2) is 5.82 Å². The molecule has 1 aromatic rings. The number of aromatic nitrogens is 1. The molecule has 0 fully saturated rings. The summed E-state index contributed by atoms with van der Waals surface area (Å²) in [5.74, 6) is 0.474. The average molecular weight is 285 g/mol. The van der Waals surface area contributed by atoms with Crippen molar-refractivity contribution in [1.82, 2.24) is 15.2 Å². The minimum Gasteiger partial charge on any atom is -0.370 e. The molecule has 0 aliphatic rings. The van der Waals surface area contributed by atoms with Crippen molar-refractivity contribution < 1.29 is 4.92 Å². The lowest BCUT2D eigenvalue weighted by molar-refractivity contribution is -0.404. The second-order valence-corrected chi connectivity index (χ2v) is 4.35. The van der Waals surface area contributed by atoms with Crippen LogP contribution in [0.5, 0.6) is 0 Å². The zero-order valence-electron chi connectivity index (χ0n) is 11.0. The van der Waals surface area contributed by atoms with E-state index in [-0.39, 0.29) is 0 Å². The Morgan fingerprint density at radius 2 is 2.37 bits per heavy atom.